The van der Waals surface area contributed by atoms with Crippen LogP contribution in [-0.4, -0.2) is 21.6 Å². The number of hydrogen-bond donors (Lipinski definition) is 1. The third-order valence-corrected chi connectivity index (χ3v) is 2.16. The number of nitriles is 1. The Morgan fingerprint density at radius 1 is 1.79 bits per heavy atom. The van der Waals surface area contributed by atoms with Crippen molar-refractivity contribution < 1.29 is 14.3 Å². The molecule has 1 heterocycles. The number of aliphatic carboxylic acids is 1. The second-order valence-corrected chi connectivity index (χ2v) is 3.33. The molecule has 1 unspecified atom stereocenters. The van der Waals surface area contributed by atoms with E-state index in [1.807, 2.05) is 6.07 Å². The minimum Gasteiger partial charge on any atom is -0.478 e. The van der Waals surface area contributed by atoms with E-state index in [1.165, 1.54) is 18.3 Å². The minimum absolute atomic E-state index is 0.180. The zero-order valence-electron chi connectivity index (χ0n) is 6.85. The van der Waals surface area contributed by atoms with Crippen molar-refractivity contribution in [3.63, 3.8) is 0 Å². The molecule has 1 N–H and O–H groups in total. The number of thioether (sulfide) groups is 1. The first-order chi connectivity index (χ1) is 6.63. The van der Waals surface area contributed by atoms with E-state index in [4.69, 9.17) is 10.4 Å². The average Bonchev–Trinajstić information content (AvgIpc) is 2.18. The van der Waals surface area contributed by atoms with E-state index in [9.17, 15) is 9.18 Å². The standard InChI is InChI=1S/C8H5FN2O2S/c9-7(8(12)13)14-6-3-5(4-10)1-2-11-6/h1-3,7H,(H,12,13). The molecule has 0 amide bonds. The second kappa shape index (κ2) is 4.58. The SMILES string of the molecule is N#Cc1ccnc(SC(F)C(=O)O)c1. The van der Waals surface area contributed by atoms with Gasteiger partial charge in [-0.3, -0.25) is 0 Å². The van der Waals surface area contributed by atoms with Crippen LogP contribution in [-0.2, 0) is 4.79 Å². The summed E-state index contributed by atoms with van der Waals surface area (Å²) in [6.45, 7) is 0. The number of pyridine rings is 1. The molecule has 0 aliphatic heterocycles. The summed E-state index contributed by atoms with van der Waals surface area (Å²) in [6.07, 6.45) is 1.33. The number of hydrogen-bond acceptors (Lipinski definition) is 4. The first kappa shape index (κ1) is 10.5. The van der Waals surface area contributed by atoms with Crippen LogP contribution in [0.1, 0.15) is 5.56 Å². The summed E-state index contributed by atoms with van der Waals surface area (Å²) in [5.41, 5.74) is -1.74. The molecule has 0 saturated heterocycles. The van der Waals surface area contributed by atoms with Crippen LogP contribution in [0.3, 0.4) is 0 Å². The molecular weight excluding hydrogens is 207 g/mol. The predicted molar refractivity (Wildman–Crippen MR) is 47.3 cm³/mol. The van der Waals surface area contributed by atoms with Crippen molar-refractivity contribution in [3.05, 3.63) is 23.9 Å². The molecule has 0 aliphatic carbocycles. The first-order valence-corrected chi connectivity index (χ1v) is 4.41. The van der Waals surface area contributed by atoms with Crippen molar-refractivity contribution in [2.24, 2.45) is 0 Å². The van der Waals surface area contributed by atoms with Gasteiger partial charge in [0.05, 0.1) is 11.6 Å². The van der Waals surface area contributed by atoms with Gasteiger partial charge in [0.1, 0.15) is 5.03 Å². The third-order valence-electron chi connectivity index (χ3n) is 1.28. The van der Waals surface area contributed by atoms with Gasteiger partial charge in [0.2, 0.25) is 5.50 Å². The predicted octanol–water partition coefficient (Wildman–Crippen LogP) is 1.43. The fourth-order valence-corrected chi connectivity index (χ4v) is 1.33. The summed E-state index contributed by atoms with van der Waals surface area (Å²) in [5, 5.41) is 17.0. The van der Waals surface area contributed by atoms with Crippen molar-refractivity contribution >= 4 is 17.7 Å². The van der Waals surface area contributed by atoms with Gasteiger partial charge < -0.3 is 5.11 Å². The summed E-state index contributed by atoms with van der Waals surface area (Å²) in [4.78, 5) is 13.9. The van der Waals surface area contributed by atoms with E-state index in [0.717, 1.165) is 0 Å². The summed E-state index contributed by atoms with van der Waals surface area (Å²) < 4.78 is 12.7. The van der Waals surface area contributed by atoms with Crippen LogP contribution in [0, 0.1) is 11.3 Å². The van der Waals surface area contributed by atoms with Gasteiger partial charge in [0.25, 0.3) is 0 Å². The van der Waals surface area contributed by atoms with Crippen LogP contribution in [0.15, 0.2) is 23.4 Å². The van der Waals surface area contributed by atoms with Gasteiger partial charge in [-0.1, -0.05) is 11.8 Å². The number of carbonyl (C=O) groups is 1. The Morgan fingerprint density at radius 3 is 3.07 bits per heavy atom. The van der Waals surface area contributed by atoms with Crippen LogP contribution in [0.4, 0.5) is 4.39 Å². The van der Waals surface area contributed by atoms with E-state index in [0.29, 0.717) is 17.3 Å². The molecule has 72 valence electrons. The van der Waals surface area contributed by atoms with E-state index in [-0.39, 0.29) is 5.03 Å². The Hall–Kier alpha value is -1.61. The molecule has 0 aliphatic rings. The van der Waals surface area contributed by atoms with E-state index >= 15 is 0 Å². The van der Waals surface area contributed by atoms with Gasteiger partial charge in [0.15, 0.2) is 0 Å². The molecule has 1 rings (SSSR count). The number of aromatic nitrogens is 1. The highest BCUT2D eigenvalue weighted by atomic mass is 32.2. The molecule has 0 aromatic carbocycles. The largest absolute Gasteiger partial charge is 0.478 e. The summed E-state index contributed by atoms with van der Waals surface area (Å²) in [7, 11) is 0. The molecular formula is C8H5FN2O2S. The quantitative estimate of drug-likeness (QED) is 0.767. The van der Waals surface area contributed by atoms with Crippen molar-refractivity contribution in [1.82, 2.24) is 4.98 Å². The highest BCUT2D eigenvalue weighted by Crippen LogP contribution is 2.22. The molecule has 14 heavy (non-hydrogen) atoms. The Morgan fingerprint density at radius 2 is 2.50 bits per heavy atom. The lowest BCUT2D eigenvalue weighted by Crippen LogP contribution is -2.09. The number of nitrogens with zero attached hydrogens (tertiary/aromatic N) is 2. The molecule has 6 heteroatoms. The third kappa shape index (κ3) is 2.71. The highest BCUT2D eigenvalue weighted by Gasteiger charge is 2.17. The van der Waals surface area contributed by atoms with E-state index in [1.54, 1.807) is 0 Å². The Labute approximate surface area is 83.4 Å². The van der Waals surface area contributed by atoms with Crippen molar-refractivity contribution in [2.75, 3.05) is 0 Å². The van der Waals surface area contributed by atoms with Gasteiger partial charge >= 0.3 is 5.97 Å². The van der Waals surface area contributed by atoms with Crippen LogP contribution in [0.2, 0.25) is 0 Å². The minimum atomic E-state index is -2.06. The summed E-state index contributed by atoms with van der Waals surface area (Å²) in [6, 6.07) is 4.64. The molecule has 1 aromatic rings. The maximum Gasteiger partial charge on any atom is 0.349 e. The van der Waals surface area contributed by atoms with Gasteiger partial charge in [-0.2, -0.15) is 5.26 Å². The normalized spacial score (nSPS) is 11.7. The topological polar surface area (TPSA) is 74.0 Å². The van der Waals surface area contributed by atoms with Gasteiger partial charge in [-0.15, -0.1) is 0 Å². The number of halogens is 1. The number of carboxylic acid groups (broad SMARTS) is 1. The van der Waals surface area contributed by atoms with E-state index < -0.39 is 11.5 Å². The first-order valence-electron chi connectivity index (χ1n) is 3.53. The fourth-order valence-electron chi connectivity index (χ4n) is 0.700. The van der Waals surface area contributed by atoms with Gasteiger partial charge in [-0.05, 0) is 12.1 Å². The molecule has 0 fully saturated rings. The smallest absolute Gasteiger partial charge is 0.349 e. The van der Waals surface area contributed by atoms with Gasteiger partial charge in [-0.25, -0.2) is 14.2 Å². The highest BCUT2D eigenvalue weighted by molar-refractivity contribution is 8.00. The van der Waals surface area contributed by atoms with Crippen molar-refractivity contribution in [2.45, 2.75) is 10.5 Å². The van der Waals surface area contributed by atoms with E-state index in [2.05, 4.69) is 4.98 Å². The lowest BCUT2D eigenvalue weighted by molar-refractivity contribution is -0.139. The van der Waals surface area contributed by atoms with Crippen LogP contribution in [0.5, 0.6) is 0 Å². The second-order valence-electron chi connectivity index (χ2n) is 2.27. The van der Waals surface area contributed by atoms with Crippen LogP contribution in [0.25, 0.3) is 0 Å². The number of carboxylic acids is 1. The molecule has 0 spiro atoms. The zero-order chi connectivity index (χ0) is 10.6. The lowest BCUT2D eigenvalue weighted by Gasteiger charge is -2.01. The Bertz CT molecular complexity index is 391. The maximum absolute atomic E-state index is 12.7. The lowest BCUT2D eigenvalue weighted by atomic mass is 10.3. The molecule has 1 aromatic heterocycles. The van der Waals surface area contributed by atoms with Gasteiger partial charge in [0, 0.05) is 6.20 Å². The van der Waals surface area contributed by atoms with Crippen LogP contribution >= 0.6 is 11.8 Å². The molecule has 4 nitrogen and oxygen atoms in total. The molecule has 0 radical (unpaired) electrons. The monoisotopic (exact) mass is 212 g/mol. The summed E-state index contributed by atoms with van der Waals surface area (Å²) >= 11 is 0.453. The Kier molecular flexibility index (Phi) is 3.42. The van der Waals surface area contributed by atoms with Crippen molar-refractivity contribution in [1.29, 1.82) is 5.26 Å². The summed E-state index contributed by atoms with van der Waals surface area (Å²) in [5.74, 6) is -1.56. The molecule has 0 bridgehead atoms. The van der Waals surface area contributed by atoms with Crippen LogP contribution < -0.4 is 0 Å². The van der Waals surface area contributed by atoms with Crippen molar-refractivity contribution in [3.8, 4) is 6.07 Å². The number of rotatable bonds is 3. The number of alkyl halides is 1. The molecule has 0 saturated carbocycles. The average molecular weight is 212 g/mol. The fraction of sp³-hybridized carbons (Fsp3) is 0.125. The molecule has 1 atom stereocenters. The Balaban J connectivity index is 2.78. The zero-order valence-corrected chi connectivity index (χ0v) is 7.66. The maximum atomic E-state index is 12.7.